The van der Waals surface area contributed by atoms with Crippen molar-refractivity contribution in [1.82, 2.24) is 15.3 Å². The van der Waals surface area contributed by atoms with Crippen molar-refractivity contribution in [3.8, 4) is 0 Å². The number of hydrogen-bond acceptors (Lipinski definition) is 5. The fourth-order valence-electron chi connectivity index (χ4n) is 3.70. The van der Waals surface area contributed by atoms with Crippen LogP contribution in [0.3, 0.4) is 0 Å². The molecule has 0 radical (unpaired) electrons. The predicted molar refractivity (Wildman–Crippen MR) is 114 cm³/mol. The summed E-state index contributed by atoms with van der Waals surface area (Å²) in [5, 5.41) is 6.67. The molecule has 1 aliphatic rings. The van der Waals surface area contributed by atoms with Gasteiger partial charge in [0, 0.05) is 38.3 Å². The number of hydrogen-bond donors (Lipinski definition) is 2. The molecule has 0 aliphatic heterocycles. The molecule has 1 aliphatic carbocycles. The quantitative estimate of drug-likeness (QED) is 0.801. The third-order valence-electron chi connectivity index (χ3n) is 5.31. The van der Waals surface area contributed by atoms with E-state index in [2.05, 4.69) is 20.6 Å². The summed E-state index contributed by atoms with van der Waals surface area (Å²) < 4.78 is 0. The van der Waals surface area contributed by atoms with E-state index in [1.807, 2.05) is 63.2 Å². The standard InChI is InChI=1S/C22H31N5O/c1-15-6-5-7-18(12-15)22(28)23-14-17-8-10-19(11-9-17)26-20-13-21(27(3)4)25-16(2)24-20/h5-7,12-13,17,19H,8-11,14H2,1-4H3,(H,23,28)(H,24,25,26)/t17-,19+. The minimum atomic E-state index is 0.0247. The molecule has 28 heavy (non-hydrogen) atoms. The van der Waals surface area contributed by atoms with Crippen molar-refractivity contribution in [2.45, 2.75) is 45.6 Å². The van der Waals surface area contributed by atoms with Gasteiger partial charge in [0.1, 0.15) is 17.5 Å². The van der Waals surface area contributed by atoms with E-state index in [-0.39, 0.29) is 5.91 Å². The smallest absolute Gasteiger partial charge is 0.251 e. The molecule has 1 aromatic carbocycles. The van der Waals surface area contributed by atoms with Crippen molar-refractivity contribution in [2.24, 2.45) is 5.92 Å². The first-order chi connectivity index (χ1) is 13.4. The van der Waals surface area contributed by atoms with E-state index in [0.29, 0.717) is 12.0 Å². The lowest BCUT2D eigenvalue weighted by Gasteiger charge is -2.29. The summed E-state index contributed by atoms with van der Waals surface area (Å²) in [5.41, 5.74) is 1.85. The summed E-state index contributed by atoms with van der Waals surface area (Å²) in [7, 11) is 3.98. The Morgan fingerprint density at radius 2 is 1.86 bits per heavy atom. The molecule has 0 atom stereocenters. The fourth-order valence-corrected chi connectivity index (χ4v) is 3.70. The van der Waals surface area contributed by atoms with Crippen LogP contribution in [0.4, 0.5) is 11.6 Å². The Bertz CT molecular complexity index is 812. The second-order valence-electron chi connectivity index (χ2n) is 7.99. The highest BCUT2D eigenvalue weighted by Crippen LogP contribution is 2.26. The minimum Gasteiger partial charge on any atom is -0.367 e. The Morgan fingerprint density at radius 1 is 1.11 bits per heavy atom. The van der Waals surface area contributed by atoms with Gasteiger partial charge >= 0.3 is 0 Å². The lowest BCUT2D eigenvalue weighted by molar-refractivity contribution is 0.0943. The van der Waals surface area contributed by atoms with Crippen molar-refractivity contribution < 1.29 is 4.79 Å². The van der Waals surface area contributed by atoms with E-state index in [1.165, 1.54) is 0 Å². The highest BCUT2D eigenvalue weighted by atomic mass is 16.1. The van der Waals surface area contributed by atoms with Crippen LogP contribution in [0.25, 0.3) is 0 Å². The van der Waals surface area contributed by atoms with Gasteiger partial charge in [-0.2, -0.15) is 0 Å². The Kier molecular flexibility index (Phi) is 6.49. The van der Waals surface area contributed by atoms with Crippen LogP contribution in [-0.4, -0.2) is 42.6 Å². The number of nitrogens with zero attached hydrogens (tertiary/aromatic N) is 3. The number of amides is 1. The number of aryl methyl sites for hydroxylation is 2. The number of carbonyl (C=O) groups is 1. The summed E-state index contributed by atoms with van der Waals surface area (Å²) in [6.45, 7) is 4.68. The maximum absolute atomic E-state index is 12.3. The Hall–Kier alpha value is -2.63. The third-order valence-corrected chi connectivity index (χ3v) is 5.31. The highest BCUT2D eigenvalue weighted by molar-refractivity contribution is 5.94. The summed E-state index contributed by atoms with van der Waals surface area (Å²) in [4.78, 5) is 23.3. The number of aromatic nitrogens is 2. The zero-order valence-corrected chi connectivity index (χ0v) is 17.3. The molecule has 0 spiro atoms. The van der Waals surface area contributed by atoms with Crippen molar-refractivity contribution in [3.05, 3.63) is 47.3 Å². The van der Waals surface area contributed by atoms with Crippen molar-refractivity contribution in [3.63, 3.8) is 0 Å². The first-order valence-electron chi connectivity index (χ1n) is 10.0. The minimum absolute atomic E-state index is 0.0247. The first kappa shape index (κ1) is 20.1. The monoisotopic (exact) mass is 381 g/mol. The van der Waals surface area contributed by atoms with Crippen LogP contribution in [-0.2, 0) is 0 Å². The summed E-state index contributed by atoms with van der Waals surface area (Å²) in [6, 6.07) is 10.2. The zero-order chi connectivity index (χ0) is 20.1. The molecule has 2 aromatic rings. The van der Waals surface area contributed by atoms with E-state index in [9.17, 15) is 4.79 Å². The van der Waals surface area contributed by atoms with Crippen LogP contribution >= 0.6 is 0 Å². The van der Waals surface area contributed by atoms with Crippen LogP contribution in [0.1, 0.15) is 47.4 Å². The number of anilines is 2. The van der Waals surface area contributed by atoms with E-state index in [0.717, 1.165) is 60.8 Å². The van der Waals surface area contributed by atoms with Crippen LogP contribution < -0.4 is 15.5 Å². The number of nitrogens with one attached hydrogen (secondary N) is 2. The summed E-state index contributed by atoms with van der Waals surface area (Å²) >= 11 is 0. The average Bonchev–Trinajstić information content (AvgIpc) is 2.66. The second kappa shape index (κ2) is 9.04. The zero-order valence-electron chi connectivity index (χ0n) is 17.3. The predicted octanol–water partition coefficient (Wildman–Crippen LogP) is 3.56. The number of benzene rings is 1. The second-order valence-corrected chi connectivity index (χ2v) is 7.99. The van der Waals surface area contributed by atoms with Gasteiger partial charge in [0.05, 0.1) is 0 Å². The van der Waals surface area contributed by atoms with Gasteiger partial charge in [-0.15, -0.1) is 0 Å². The number of rotatable bonds is 6. The van der Waals surface area contributed by atoms with Gasteiger partial charge in [-0.05, 0) is 57.6 Å². The fraction of sp³-hybridized carbons (Fsp3) is 0.500. The van der Waals surface area contributed by atoms with Crippen LogP contribution in [0.15, 0.2) is 30.3 Å². The molecule has 3 rings (SSSR count). The topological polar surface area (TPSA) is 70.2 Å². The van der Waals surface area contributed by atoms with Gasteiger partial charge in [0.2, 0.25) is 0 Å². The van der Waals surface area contributed by atoms with Gasteiger partial charge in [0.25, 0.3) is 5.91 Å². The Labute approximate surface area is 167 Å². The molecule has 0 saturated heterocycles. The van der Waals surface area contributed by atoms with Gasteiger partial charge in [-0.1, -0.05) is 17.7 Å². The van der Waals surface area contributed by atoms with Gasteiger partial charge in [-0.3, -0.25) is 4.79 Å². The van der Waals surface area contributed by atoms with E-state index >= 15 is 0 Å². The van der Waals surface area contributed by atoms with Crippen LogP contribution in [0.2, 0.25) is 0 Å². The highest BCUT2D eigenvalue weighted by Gasteiger charge is 2.22. The Morgan fingerprint density at radius 3 is 2.54 bits per heavy atom. The first-order valence-corrected chi connectivity index (χ1v) is 10.0. The Balaban J connectivity index is 1.46. The summed E-state index contributed by atoms with van der Waals surface area (Å²) in [5.74, 6) is 3.16. The van der Waals surface area contributed by atoms with Gasteiger partial charge in [0.15, 0.2) is 0 Å². The van der Waals surface area contributed by atoms with Crippen LogP contribution in [0, 0.1) is 19.8 Å². The molecule has 6 heteroatoms. The molecule has 0 unspecified atom stereocenters. The van der Waals surface area contributed by atoms with E-state index in [1.54, 1.807) is 0 Å². The van der Waals surface area contributed by atoms with Crippen molar-refractivity contribution >= 4 is 17.5 Å². The molecule has 2 N–H and O–H groups in total. The molecule has 1 aromatic heterocycles. The van der Waals surface area contributed by atoms with E-state index < -0.39 is 0 Å². The molecule has 1 saturated carbocycles. The molecular formula is C22H31N5O. The average molecular weight is 382 g/mol. The van der Waals surface area contributed by atoms with Crippen molar-refractivity contribution in [1.29, 1.82) is 0 Å². The molecule has 1 fully saturated rings. The van der Waals surface area contributed by atoms with Crippen LogP contribution in [0.5, 0.6) is 0 Å². The molecule has 0 bridgehead atoms. The molecule has 1 amide bonds. The molecule has 1 heterocycles. The maximum Gasteiger partial charge on any atom is 0.251 e. The molecule has 6 nitrogen and oxygen atoms in total. The van der Waals surface area contributed by atoms with E-state index in [4.69, 9.17) is 0 Å². The normalized spacial score (nSPS) is 19.1. The van der Waals surface area contributed by atoms with Crippen molar-refractivity contribution in [2.75, 3.05) is 30.9 Å². The van der Waals surface area contributed by atoms with Gasteiger partial charge in [-0.25, -0.2) is 9.97 Å². The maximum atomic E-state index is 12.3. The SMILES string of the molecule is Cc1cccc(C(=O)NC[C@H]2CC[C@@H](Nc3cc(N(C)C)nc(C)n3)CC2)c1. The number of carbonyl (C=O) groups excluding carboxylic acids is 1. The molecule has 150 valence electrons. The van der Waals surface area contributed by atoms with Gasteiger partial charge < -0.3 is 15.5 Å². The lowest BCUT2D eigenvalue weighted by atomic mass is 9.86. The lowest BCUT2D eigenvalue weighted by Crippen LogP contribution is -2.34. The largest absolute Gasteiger partial charge is 0.367 e. The third kappa shape index (κ3) is 5.44. The summed E-state index contributed by atoms with van der Waals surface area (Å²) in [6.07, 6.45) is 4.39. The molecular weight excluding hydrogens is 350 g/mol.